The topological polar surface area (TPSA) is 36.3 Å². The van der Waals surface area contributed by atoms with E-state index in [9.17, 15) is 0 Å². The van der Waals surface area contributed by atoms with Gasteiger partial charge in [0.1, 0.15) is 0 Å². The molecule has 1 saturated heterocycles. The van der Waals surface area contributed by atoms with Gasteiger partial charge in [0.2, 0.25) is 0 Å². The van der Waals surface area contributed by atoms with Crippen molar-refractivity contribution in [3.05, 3.63) is 23.3 Å². The summed E-state index contributed by atoms with van der Waals surface area (Å²) < 4.78 is 5.75. The summed E-state index contributed by atoms with van der Waals surface area (Å²) in [5, 5.41) is 8.56. The molecule has 0 aromatic rings. The highest BCUT2D eigenvalue weighted by atomic mass is 16.6. The van der Waals surface area contributed by atoms with E-state index in [0.717, 1.165) is 38.5 Å². The third-order valence-corrected chi connectivity index (χ3v) is 4.20. The summed E-state index contributed by atoms with van der Waals surface area (Å²) >= 11 is 0. The van der Waals surface area contributed by atoms with E-state index in [-0.39, 0.29) is 5.60 Å². The van der Waals surface area contributed by atoms with Gasteiger partial charge in [0.25, 0.3) is 0 Å². The van der Waals surface area contributed by atoms with Crippen molar-refractivity contribution < 1.29 is 4.74 Å². The van der Waals surface area contributed by atoms with Crippen molar-refractivity contribution in [2.45, 2.75) is 77.9 Å². The van der Waals surface area contributed by atoms with Gasteiger partial charge in [0.05, 0.1) is 17.8 Å². The first-order valence-electron chi connectivity index (χ1n) is 7.46. The molecule has 0 aromatic heterocycles. The predicted molar refractivity (Wildman–Crippen MR) is 79.8 cm³/mol. The first kappa shape index (κ1) is 16.0. The van der Waals surface area contributed by atoms with Gasteiger partial charge in [0, 0.05) is 6.08 Å². The van der Waals surface area contributed by atoms with Crippen molar-refractivity contribution in [2.75, 3.05) is 0 Å². The molecule has 1 aliphatic heterocycles. The van der Waals surface area contributed by atoms with Gasteiger partial charge in [-0.1, -0.05) is 31.1 Å². The Morgan fingerprint density at radius 2 is 2.11 bits per heavy atom. The Morgan fingerprint density at radius 1 is 1.37 bits per heavy atom. The number of epoxide rings is 1. The van der Waals surface area contributed by atoms with Crippen molar-refractivity contribution in [3.63, 3.8) is 0 Å². The number of ether oxygens (including phenoxy) is 1. The normalized spacial score (nSPS) is 27.2. The lowest BCUT2D eigenvalue weighted by molar-refractivity contribution is 0.300. The van der Waals surface area contributed by atoms with E-state index in [0.29, 0.717) is 6.10 Å². The van der Waals surface area contributed by atoms with Crippen LogP contribution >= 0.6 is 0 Å². The average Bonchev–Trinajstić information content (AvgIpc) is 3.06. The quantitative estimate of drug-likeness (QED) is 0.353. The third-order valence-electron chi connectivity index (χ3n) is 4.20. The van der Waals surface area contributed by atoms with Gasteiger partial charge in [0.15, 0.2) is 0 Å². The number of nitriles is 1. The average molecular weight is 261 g/mol. The zero-order valence-corrected chi connectivity index (χ0v) is 12.8. The van der Waals surface area contributed by atoms with Crippen molar-refractivity contribution in [1.82, 2.24) is 0 Å². The standard InChI is InChI=1S/C17H27NO/c1-5-15(9-7-8-14(3)12-13-18)10-11-16-17(4,6-2)19-16/h9,12,16H,5-8,10-11H2,1-4H3/b14-12+,15-9+. The molecule has 0 aliphatic carbocycles. The van der Waals surface area contributed by atoms with Crippen LogP contribution in [0, 0.1) is 11.3 Å². The van der Waals surface area contributed by atoms with Gasteiger partial charge < -0.3 is 4.74 Å². The highest BCUT2D eigenvalue weighted by molar-refractivity contribution is 5.12. The summed E-state index contributed by atoms with van der Waals surface area (Å²) in [6.07, 6.45) is 11.0. The van der Waals surface area contributed by atoms with E-state index < -0.39 is 0 Å². The van der Waals surface area contributed by atoms with Crippen molar-refractivity contribution in [1.29, 1.82) is 5.26 Å². The van der Waals surface area contributed by atoms with Crippen LogP contribution in [0.4, 0.5) is 0 Å². The van der Waals surface area contributed by atoms with E-state index in [2.05, 4.69) is 32.9 Å². The fourth-order valence-corrected chi connectivity index (χ4v) is 2.39. The van der Waals surface area contributed by atoms with E-state index in [1.807, 2.05) is 6.92 Å². The second-order valence-corrected chi connectivity index (χ2v) is 5.69. The molecule has 2 heteroatoms. The first-order chi connectivity index (χ1) is 9.05. The van der Waals surface area contributed by atoms with E-state index in [4.69, 9.17) is 10.00 Å². The first-order valence-corrected chi connectivity index (χ1v) is 7.46. The van der Waals surface area contributed by atoms with Crippen LogP contribution in [0.5, 0.6) is 0 Å². The summed E-state index contributed by atoms with van der Waals surface area (Å²) in [4.78, 5) is 0. The molecular formula is C17H27NO. The molecule has 0 aromatic carbocycles. The number of hydrogen-bond acceptors (Lipinski definition) is 2. The van der Waals surface area contributed by atoms with Crippen LogP contribution in [-0.4, -0.2) is 11.7 Å². The monoisotopic (exact) mass is 261 g/mol. The van der Waals surface area contributed by atoms with Crippen LogP contribution in [0.3, 0.4) is 0 Å². The number of nitrogens with zero attached hydrogens (tertiary/aromatic N) is 1. The second kappa shape index (κ2) is 7.50. The lowest BCUT2D eigenvalue weighted by Crippen LogP contribution is -2.07. The molecule has 0 N–H and O–H groups in total. The van der Waals surface area contributed by atoms with E-state index in [1.54, 1.807) is 6.08 Å². The van der Waals surface area contributed by atoms with Crippen LogP contribution < -0.4 is 0 Å². The SMILES string of the molecule is CC/C(=C\CC/C(C)=C/C#N)CCC1OC1(C)CC. The fraction of sp³-hybridized carbons (Fsp3) is 0.706. The summed E-state index contributed by atoms with van der Waals surface area (Å²) in [6, 6.07) is 2.08. The molecule has 1 fully saturated rings. The Balaban J connectivity index is 2.30. The summed E-state index contributed by atoms with van der Waals surface area (Å²) in [5.41, 5.74) is 2.85. The predicted octanol–water partition coefficient (Wildman–Crippen LogP) is 4.92. The van der Waals surface area contributed by atoms with Gasteiger partial charge in [-0.3, -0.25) is 0 Å². The smallest absolute Gasteiger partial charge is 0.0918 e. The van der Waals surface area contributed by atoms with E-state index >= 15 is 0 Å². The third kappa shape index (κ3) is 5.20. The maximum Gasteiger partial charge on any atom is 0.0918 e. The van der Waals surface area contributed by atoms with E-state index in [1.165, 1.54) is 11.1 Å². The van der Waals surface area contributed by atoms with Crippen molar-refractivity contribution in [2.24, 2.45) is 0 Å². The molecule has 2 unspecified atom stereocenters. The van der Waals surface area contributed by atoms with Gasteiger partial charge in [-0.15, -0.1) is 0 Å². The molecule has 106 valence electrons. The lowest BCUT2D eigenvalue weighted by Gasteiger charge is -2.05. The molecule has 1 heterocycles. The molecule has 0 amide bonds. The highest BCUT2D eigenvalue weighted by Gasteiger charge is 2.49. The maximum atomic E-state index is 8.56. The zero-order valence-electron chi connectivity index (χ0n) is 12.8. The molecule has 1 aliphatic rings. The Morgan fingerprint density at radius 3 is 2.63 bits per heavy atom. The summed E-state index contributed by atoms with van der Waals surface area (Å²) in [7, 11) is 0. The molecule has 0 spiro atoms. The number of allylic oxidation sites excluding steroid dienone is 4. The molecule has 0 bridgehead atoms. The Hall–Kier alpha value is -1.07. The molecule has 0 saturated carbocycles. The van der Waals surface area contributed by atoms with Gasteiger partial charge >= 0.3 is 0 Å². The molecule has 2 atom stereocenters. The lowest BCUT2D eigenvalue weighted by atomic mass is 9.97. The van der Waals surface area contributed by atoms with Crippen molar-refractivity contribution in [3.8, 4) is 6.07 Å². The Bertz CT molecular complexity index is 389. The zero-order chi connectivity index (χ0) is 14.3. The highest BCUT2D eigenvalue weighted by Crippen LogP contribution is 2.42. The fourth-order valence-electron chi connectivity index (χ4n) is 2.39. The molecule has 0 radical (unpaired) electrons. The molecule has 2 nitrogen and oxygen atoms in total. The number of rotatable bonds is 8. The molecule has 19 heavy (non-hydrogen) atoms. The second-order valence-electron chi connectivity index (χ2n) is 5.69. The van der Waals surface area contributed by atoms with Crippen LogP contribution in [0.2, 0.25) is 0 Å². The minimum absolute atomic E-state index is 0.158. The number of hydrogen-bond donors (Lipinski definition) is 0. The molecular weight excluding hydrogens is 234 g/mol. The summed E-state index contributed by atoms with van der Waals surface area (Å²) in [5.74, 6) is 0. The largest absolute Gasteiger partial charge is 0.366 e. The van der Waals surface area contributed by atoms with Crippen LogP contribution in [0.1, 0.15) is 66.2 Å². The van der Waals surface area contributed by atoms with Crippen molar-refractivity contribution >= 4 is 0 Å². The Kier molecular flexibility index (Phi) is 6.31. The van der Waals surface area contributed by atoms with Crippen LogP contribution in [0.25, 0.3) is 0 Å². The Labute approximate surface area is 118 Å². The van der Waals surface area contributed by atoms with Crippen LogP contribution in [-0.2, 0) is 4.74 Å². The minimum Gasteiger partial charge on any atom is -0.366 e. The van der Waals surface area contributed by atoms with Gasteiger partial charge in [-0.2, -0.15) is 5.26 Å². The minimum atomic E-state index is 0.158. The van der Waals surface area contributed by atoms with Gasteiger partial charge in [-0.25, -0.2) is 0 Å². The summed E-state index contributed by atoms with van der Waals surface area (Å²) in [6.45, 7) is 8.65. The van der Waals surface area contributed by atoms with Crippen LogP contribution in [0.15, 0.2) is 23.3 Å². The maximum absolute atomic E-state index is 8.56. The van der Waals surface area contributed by atoms with Gasteiger partial charge in [-0.05, 0) is 52.4 Å². The molecule has 1 rings (SSSR count).